The number of hydrogen-bond acceptors (Lipinski definition) is 1. The minimum atomic E-state index is 0.139. The van der Waals surface area contributed by atoms with Crippen molar-refractivity contribution in [2.45, 2.75) is 67.2 Å². The molecule has 0 aromatic carbocycles. The first-order chi connectivity index (χ1) is 7.93. The Morgan fingerprint density at radius 1 is 0.889 bits per heavy atom. The lowest BCUT2D eigenvalue weighted by Crippen LogP contribution is -2.34. The zero-order valence-corrected chi connectivity index (χ0v) is 13.4. The van der Waals surface area contributed by atoms with Crippen LogP contribution in [-0.2, 0) is 11.8 Å². The van der Waals surface area contributed by atoms with Gasteiger partial charge in [-0.3, -0.25) is 4.98 Å². The lowest BCUT2D eigenvalue weighted by Gasteiger charge is -2.39. The summed E-state index contributed by atoms with van der Waals surface area (Å²) in [6, 6.07) is 4.44. The lowest BCUT2D eigenvalue weighted by atomic mass is 9.66. The highest BCUT2D eigenvalue weighted by Gasteiger charge is 2.34. The van der Waals surface area contributed by atoms with Crippen molar-refractivity contribution in [3.63, 3.8) is 0 Å². The molecular weight excluding hydrogens is 218 g/mol. The summed E-state index contributed by atoms with van der Waals surface area (Å²) in [5, 5.41) is 0. The first-order valence-electron chi connectivity index (χ1n) is 6.89. The molecule has 1 aromatic heterocycles. The van der Waals surface area contributed by atoms with E-state index in [1.165, 1.54) is 11.3 Å². The first kappa shape index (κ1) is 15.2. The van der Waals surface area contributed by atoms with E-state index in [2.05, 4.69) is 78.7 Å². The Kier molecular flexibility index (Phi) is 3.95. The van der Waals surface area contributed by atoms with E-state index in [0.29, 0.717) is 5.41 Å². The van der Waals surface area contributed by atoms with Crippen LogP contribution in [0.5, 0.6) is 0 Å². The Hall–Kier alpha value is -0.850. The quantitative estimate of drug-likeness (QED) is 0.717. The van der Waals surface area contributed by atoms with Gasteiger partial charge in [0, 0.05) is 11.9 Å². The maximum atomic E-state index is 4.64. The third-order valence-electron chi connectivity index (χ3n) is 4.13. The molecular formula is C17H29N. The van der Waals surface area contributed by atoms with Crippen molar-refractivity contribution >= 4 is 0 Å². The van der Waals surface area contributed by atoms with Gasteiger partial charge in [-0.05, 0) is 34.3 Å². The first-order valence-corrected chi connectivity index (χ1v) is 6.89. The summed E-state index contributed by atoms with van der Waals surface area (Å²) in [7, 11) is 0. The summed E-state index contributed by atoms with van der Waals surface area (Å²) >= 11 is 0. The van der Waals surface area contributed by atoms with Gasteiger partial charge in [-0.15, -0.1) is 0 Å². The molecule has 18 heavy (non-hydrogen) atoms. The summed E-state index contributed by atoms with van der Waals surface area (Å²) in [6.07, 6.45) is 3.09. The predicted molar refractivity (Wildman–Crippen MR) is 79.9 cm³/mol. The molecule has 0 aliphatic carbocycles. The van der Waals surface area contributed by atoms with Crippen LogP contribution in [0.15, 0.2) is 18.3 Å². The van der Waals surface area contributed by atoms with E-state index in [1.807, 2.05) is 0 Å². The largest absolute Gasteiger partial charge is 0.261 e. The summed E-state index contributed by atoms with van der Waals surface area (Å²) in [5.41, 5.74) is 3.19. The highest BCUT2D eigenvalue weighted by atomic mass is 14.7. The highest BCUT2D eigenvalue weighted by Crippen LogP contribution is 2.40. The maximum absolute atomic E-state index is 4.64. The number of nitrogens with zero attached hydrogens (tertiary/aromatic N) is 1. The van der Waals surface area contributed by atoms with Crippen LogP contribution >= 0.6 is 0 Å². The van der Waals surface area contributed by atoms with Gasteiger partial charge in [-0.1, -0.05) is 61.5 Å². The van der Waals surface area contributed by atoms with Gasteiger partial charge in [0.15, 0.2) is 0 Å². The van der Waals surface area contributed by atoms with Gasteiger partial charge >= 0.3 is 0 Å². The van der Waals surface area contributed by atoms with E-state index in [1.54, 1.807) is 0 Å². The molecule has 0 radical (unpaired) electrons. The molecule has 0 aliphatic heterocycles. The van der Waals surface area contributed by atoms with E-state index in [0.717, 1.165) is 6.42 Å². The topological polar surface area (TPSA) is 12.9 Å². The van der Waals surface area contributed by atoms with Crippen molar-refractivity contribution in [3.8, 4) is 0 Å². The fraction of sp³-hybridized carbons (Fsp3) is 0.706. The molecule has 1 heterocycles. The fourth-order valence-corrected chi connectivity index (χ4v) is 1.88. The van der Waals surface area contributed by atoms with Crippen molar-refractivity contribution in [1.29, 1.82) is 0 Å². The molecule has 1 nitrogen and oxygen atoms in total. The predicted octanol–water partition coefficient (Wildman–Crippen LogP) is 4.99. The Balaban J connectivity index is 2.97. The number of rotatable bonds is 2. The minimum Gasteiger partial charge on any atom is -0.261 e. The molecule has 0 spiro atoms. The summed E-state index contributed by atoms with van der Waals surface area (Å²) in [5.74, 6) is 0. The van der Waals surface area contributed by atoms with Crippen LogP contribution in [0.1, 0.15) is 66.6 Å². The Labute approximate surface area is 113 Å². The normalized spacial score (nSPS) is 13.8. The molecule has 0 bridgehead atoms. The molecule has 0 saturated heterocycles. The molecule has 1 heteroatoms. The molecule has 0 N–H and O–H groups in total. The fourth-order valence-electron chi connectivity index (χ4n) is 1.88. The van der Waals surface area contributed by atoms with Crippen LogP contribution in [0.2, 0.25) is 0 Å². The van der Waals surface area contributed by atoms with E-state index in [9.17, 15) is 0 Å². The van der Waals surface area contributed by atoms with Crippen molar-refractivity contribution in [2.24, 2.45) is 10.8 Å². The molecule has 1 rings (SSSR count). The van der Waals surface area contributed by atoms with Gasteiger partial charge in [0.25, 0.3) is 0 Å². The monoisotopic (exact) mass is 247 g/mol. The van der Waals surface area contributed by atoms with Crippen molar-refractivity contribution in [3.05, 3.63) is 29.6 Å². The minimum absolute atomic E-state index is 0.139. The summed E-state index contributed by atoms with van der Waals surface area (Å²) in [6.45, 7) is 18.2. The zero-order valence-electron chi connectivity index (χ0n) is 13.4. The van der Waals surface area contributed by atoms with E-state index < -0.39 is 0 Å². The second-order valence-electron chi connectivity index (χ2n) is 8.15. The standard InChI is InChI=1S/C17H29N/c1-15(2,3)11-14-10-9-13(12-18-14)17(7,8)16(4,5)6/h9-10,12H,11H2,1-8H3. The molecule has 0 unspecified atom stereocenters. The van der Waals surface area contributed by atoms with Gasteiger partial charge in [0.2, 0.25) is 0 Å². The van der Waals surface area contributed by atoms with Crippen LogP contribution in [0.25, 0.3) is 0 Å². The lowest BCUT2D eigenvalue weighted by molar-refractivity contribution is 0.225. The van der Waals surface area contributed by atoms with Crippen molar-refractivity contribution < 1.29 is 0 Å². The van der Waals surface area contributed by atoms with E-state index in [4.69, 9.17) is 0 Å². The number of hydrogen-bond donors (Lipinski definition) is 0. The van der Waals surface area contributed by atoms with E-state index >= 15 is 0 Å². The second-order valence-corrected chi connectivity index (χ2v) is 8.15. The molecule has 0 fully saturated rings. The van der Waals surface area contributed by atoms with Gasteiger partial charge < -0.3 is 0 Å². The number of pyridine rings is 1. The Morgan fingerprint density at radius 2 is 1.44 bits per heavy atom. The summed E-state index contributed by atoms with van der Waals surface area (Å²) < 4.78 is 0. The van der Waals surface area contributed by atoms with E-state index in [-0.39, 0.29) is 10.8 Å². The molecule has 1 aromatic rings. The Bertz CT molecular complexity index is 385. The van der Waals surface area contributed by atoms with Crippen LogP contribution in [0.3, 0.4) is 0 Å². The SMILES string of the molecule is CC(C)(C)Cc1ccc(C(C)(C)C(C)(C)C)cn1. The molecule has 102 valence electrons. The average Bonchev–Trinajstić information content (AvgIpc) is 2.14. The third kappa shape index (κ3) is 3.57. The van der Waals surface area contributed by atoms with Crippen molar-refractivity contribution in [2.75, 3.05) is 0 Å². The zero-order chi connectivity index (χ0) is 14.2. The summed E-state index contributed by atoms with van der Waals surface area (Å²) in [4.78, 5) is 4.64. The van der Waals surface area contributed by atoms with Crippen LogP contribution in [0.4, 0.5) is 0 Å². The van der Waals surface area contributed by atoms with Crippen LogP contribution < -0.4 is 0 Å². The van der Waals surface area contributed by atoms with Crippen LogP contribution in [0, 0.1) is 10.8 Å². The molecule has 0 aliphatic rings. The molecule has 0 saturated carbocycles. The third-order valence-corrected chi connectivity index (χ3v) is 4.13. The number of aromatic nitrogens is 1. The highest BCUT2D eigenvalue weighted by molar-refractivity contribution is 5.25. The smallest absolute Gasteiger partial charge is 0.0409 e. The van der Waals surface area contributed by atoms with Gasteiger partial charge in [-0.25, -0.2) is 0 Å². The van der Waals surface area contributed by atoms with Crippen LogP contribution in [-0.4, -0.2) is 4.98 Å². The van der Waals surface area contributed by atoms with Gasteiger partial charge in [-0.2, -0.15) is 0 Å². The maximum Gasteiger partial charge on any atom is 0.0409 e. The van der Waals surface area contributed by atoms with Crippen molar-refractivity contribution in [1.82, 2.24) is 4.98 Å². The average molecular weight is 247 g/mol. The molecule has 0 atom stereocenters. The van der Waals surface area contributed by atoms with Gasteiger partial charge in [0.1, 0.15) is 0 Å². The van der Waals surface area contributed by atoms with Gasteiger partial charge in [0.05, 0.1) is 0 Å². The Morgan fingerprint density at radius 3 is 1.78 bits per heavy atom. The molecule has 0 amide bonds. The second kappa shape index (κ2) is 4.68.